The number of halogens is 1. The van der Waals surface area contributed by atoms with Gasteiger partial charge in [-0.1, -0.05) is 42.5 Å². The fourth-order valence-corrected chi connectivity index (χ4v) is 4.34. The summed E-state index contributed by atoms with van der Waals surface area (Å²) in [5, 5.41) is 14.2. The van der Waals surface area contributed by atoms with Gasteiger partial charge in [0.25, 0.3) is 5.91 Å². The molecule has 0 atom stereocenters. The van der Waals surface area contributed by atoms with Gasteiger partial charge in [-0.05, 0) is 36.8 Å². The summed E-state index contributed by atoms with van der Waals surface area (Å²) in [6, 6.07) is 20.3. The number of rotatable bonds is 7. The van der Waals surface area contributed by atoms with Crippen molar-refractivity contribution in [3.8, 4) is 28.5 Å². The van der Waals surface area contributed by atoms with Gasteiger partial charge in [-0.2, -0.15) is 5.26 Å². The largest absolute Gasteiger partial charge is 0.462 e. The molecule has 2 aromatic heterocycles. The Labute approximate surface area is 204 Å². The van der Waals surface area contributed by atoms with Gasteiger partial charge in [-0.15, -0.1) is 11.3 Å². The maximum Gasteiger partial charge on any atom is 0.341 e. The summed E-state index contributed by atoms with van der Waals surface area (Å²) in [5.41, 5.74) is 1.64. The topological polar surface area (TPSA) is 92.3 Å². The molecular weight excluding hydrogens is 467 g/mol. The van der Waals surface area contributed by atoms with Crippen molar-refractivity contribution in [2.24, 2.45) is 0 Å². The Morgan fingerprint density at radius 2 is 1.83 bits per heavy atom. The summed E-state index contributed by atoms with van der Waals surface area (Å²) in [6.07, 6.45) is 1.26. The van der Waals surface area contributed by atoms with E-state index in [-0.39, 0.29) is 39.8 Å². The van der Waals surface area contributed by atoms with Gasteiger partial charge in [0.1, 0.15) is 39.5 Å². The number of nitrogens with zero attached hydrogens (tertiary/aromatic N) is 1. The lowest BCUT2D eigenvalue weighted by Gasteiger charge is -2.08. The summed E-state index contributed by atoms with van der Waals surface area (Å²) in [5.74, 6) is -1.28. The van der Waals surface area contributed by atoms with Gasteiger partial charge >= 0.3 is 5.97 Å². The summed E-state index contributed by atoms with van der Waals surface area (Å²) >= 11 is 1.16. The third kappa shape index (κ3) is 5.21. The van der Waals surface area contributed by atoms with E-state index in [2.05, 4.69) is 5.32 Å². The van der Waals surface area contributed by atoms with Crippen molar-refractivity contribution >= 4 is 34.3 Å². The average Bonchev–Trinajstić information content (AvgIpc) is 3.50. The number of furan rings is 1. The van der Waals surface area contributed by atoms with Gasteiger partial charge in [0, 0.05) is 17.0 Å². The van der Waals surface area contributed by atoms with Gasteiger partial charge in [0.15, 0.2) is 0 Å². The minimum atomic E-state index is -0.719. The van der Waals surface area contributed by atoms with Crippen LogP contribution in [0.25, 0.3) is 28.5 Å². The number of carbonyl (C=O) groups excluding carboxylic acids is 2. The van der Waals surface area contributed by atoms with E-state index in [0.29, 0.717) is 5.56 Å². The molecule has 35 heavy (non-hydrogen) atoms. The number of hydrogen-bond donors (Lipinski definition) is 1. The number of esters is 1. The van der Waals surface area contributed by atoms with Gasteiger partial charge in [-0.3, -0.25) is 4.79 Å². The Kier molecular flexibility index (Phi) is 7.19. The first kappa shape index (κ1) is 23.7. The second-order valence-electron chi connectivity index (χ2n) is 7.25. The maximum atomic E-state index is 14.0. The highest BCUT2D eigenvalue weighted by molar-refractivity contribution is 7.15. The van der Waals surface area contributed by atoms with Gasteiger partial charge in [-0.25, -0.2) is 9.18 Å². The van der Waals surface area contributed by atoms with E-state index in [9.17, 15) is 19.2 Å². The molecule has 2 heterocycles. The zero-order valence-corrected chi connectivity index (χ0v) is 19.4. The smallest absolute Gasteiger partial charge is 0.341 e. The van der Waals surface area contributed by atoms with Crippen LogP contribution in [0, 0.1) is 17.1 Å². The van der Waals surface area contributed by atoms with Gasteiger partial charge in [0.05, 0.1) is 12.2 Å². The van der Waals surface area contributed by atoms with Crippen LogP contribution in [0.15, 0.2) is 82.1 Å². The molecule has 8 heteroatoms. The number of hydrogen-bond acceptors (Lipinski definition) is 6. The van der Waals surface area contributed by atoms with Gasteiger partial charge < -0.3 is 14.5 Å². The minimum absolute atomic E-state index is 0.169. The molecule has 4 aromatic rings. The molecule has 1 amide bonds. The summed E-state index contributed by atoms with van der Waals surface area (Å²) in [4.78, 5) is 25.6. The van der Waals surface area contributed by atoms with E-state index in [4.69, 9.17) is 9.15 Å². The number of benzene rings is 2. The summed E-state index contributed by atoms with van der Waals surface area (Å²) in [6.45, 7) is 1.86. The number of nitriles is 1. The number of nitrogens with one attached hydrogen (secondary N) is 1. The fourth-order valence-electron chi connectivity index (χ4n) is 3.38. The first-order valence-electron chi connectivity index (χ1n) is 10.6. The number of carbonyl (C=O) groups is 2. The predicted molar refractivity (Wildman–Crippen MR) is 132 cm³/mol. The molecule has 0 aliphatic heterocycles. The molecule has 0 fully saturated rings. The minimum Gasteiger partial charge on any atom is -0.462 e. The predicted octanol–water partition coefficient (Wildman–Crippen LogP) is 6.54. The molecular formula is C27H19FN2O4S. The van der Waals surface area contributed by atoms with Crippen molar-refractivity contribution in [1.29, 1.82) is 5.26 Å². The highest BCUT2D eigenvalue weighted by atomic mass is 32.1. The molecule has 0 aliphatic rings. The number of thiophene rings is 1. The van der Waals surface area contributed by atoms with Crippen molar-refractivity contribution in [3.05, 3.63) is 94.8 Å². The Hall–Kier alpha value is -4.48. The van der Waals surface area contributed by atoms with Crippen molar-refractivity contribution in [2.45, 2.75) is 6.92 Å². The number of anilines is 1. The number of ether oxygens (including phenoxy) is 1. The first-order valence-corrected chi connectivity index (χ1v) is 11.5. The third-order valence-corrected chi connectivity index (χ3v) is 5.90. The van der Waals surface area contributed by atoms with E-state index in [1.54, 1.807) is 36.6 Å². The van der Waals surface area contributed by atoms with E-state index in [0.717, 1.165) is 16.9 Å². The Balaban J connectivity index is 1.62. The summed E-state index contributed by atoms with van der Waals surface area (Å²) < 4.78 is 24.9. The zero-order valence-electron chi connectivity index (χ0n) is 18.6. The van der Waals surface area contributed by atoms with Crippen LogP contribution in [0.3, 0.4) is 0 Å². The lowest BCUT2D eigenvalue weighted by Crippen LogP contribution is -2.16. The van der Waals surface area contributed by atoms with Crippen LogP contribution in [0.1, 0.15) is 23.0 Å². The molecule has 0 saturated heterocycles. The zero-order chi connectivity index (χ0) is 24.8. The maximum absolute atomic E-state index is 14.0. The SMILES string of the molecule is CCOC(=O)c1c(-c2ccccc2)csc1NC(=O)/C(C#N)=C/c1ccc(-c2ccccc2F)o1. The van der Waals surface area contributed by atoms with Crippen LogP contribution >= 0.6 is 11.3 Å². The second-order valence-corrected chi connectivity index (χ2v) is 8.13. The van der Waals surface area contributed by atoms with Crippen LogP contribution in [0.2, 0.25) is 0 Å². The van der Waals surface area contributed by atoms with Crippen LogP contribution in [-0.4, -0.2) is 18.5 Å². The highest BCUT2D eigenvalue weighted by Crippen LogP contribution is 2.36. The second kappa shape index (κ2) is 10.6. The third-order valence-electron chi connectivity index (χ3n) is 5.00. The molecule has 4 rings (SSSR count). The van der Waals surface area contributed by atoms with Gasteiger partial charge in [0.2, 0.25) is 0 Å². The van der Waals surface area contributed by atoms with Crippen molar-refractivity contribution < 1.29 is 23.1 Å². The number of amides is 1. The Morgan fingerprint density at radius 3 is 2.54 bits per heavy atom. The molecule has 1 N–H and O–H groups in total. The lowest BCUT2D eigenvalue weighted by molar-refractivity contribution is -0.112. The van der Waals surface area contributed by atoms with Crippen molar-refractivity contribution in [3.63, 3.8) is 0 Å². The quantitative estimate of drug-likeness (QED) is 0.182. The van der Waals surface area contributed by atoms with Crippen molar-refractivity contribution in [1.82, 2.24) is 0 Å². The normalized spacial score (nSPS) is 11.1. The standard InChI is InChI=1S/C27H19FN2O4S/c1-2-33-27(32)24-21(17-8-4-3-5-9-17)16-35-26(24)30-25(31)18(15-29)14-19-12-13-23(34-19)20-10-6-7-11-22(20)28/h3-14,16H,2H2,1H3,(H,30,31)/b18-14+. The van der Waals surface area contributed by atoms with Crippen LogP contribution < -0.4 is 5.32 Å². The lowest BCUT2D eigenvalue weighted by atomic mass is 10.0. The Morgan fingerprint density at radius 1 is 1.09 bits per heavy atom. The van der Waals surface area contributed by atoms with Crippen LogP contribution in [-0.2, 0) is 9.53 Å². The molecule has 0 unspecified atom stereocenters. The van der Waals surface area contributed by atoms with Crippen LogP contribution in [0.5, 0.6) is 0 Å². The average molecular weight is 487 g/mol. The van der Waals surface area contributed by atoms with E-state index < -0.39 is 17.7 Å². The molecule has 0 bridgehead atoms. The highest BCUT2D eigenvalue weighted by Gasteiger charge is 2.24. The molecule has 6 nitrogen and oxygen atoms in total. The molecule has 0 saturated carbocycles. The first-order chi connectivity index (χ1) is 17.0. The molecule has 174 valence electrons. The monoisotopic (exact) mass is 486 g/mol. The molecule has 2 aromatic carbocycles. The summed E-state index contributed by atoms with van der Waals surface area (Å²) in [7, 11) is 0. The van der Waals surface area contributed by atoms with E-state index >= 15 is 0 Å². The molecule has 0 radical (unpaired) electrons. The molecule has 0 aliphatic carbocycles. The van der Waals surface area contributed by atoms with E-state index in [1.165, 1.54) is 18.2 Å². The fraction of sp³-hybridized carbons (Fsp3) is 0.0741. The van der Waals surface area contributed by atoms with E-state index in [1.807, 2.05) is 36.4 Å². The van der Waals surface area contributed by atoms with Crippen molar-refractivity contribution in [2.75, 3.05) is 11.9 Å². The van der Waals surface area contributed by atoms with Crippen LogP contribution in [0.4, 0.5) is 9.39 Å². The Bertz CT molecular complexity index is 1450. The molecule has 0 spiro atoms.